The van der Waals surface area contributed by atoms with Gasteiger partial charge in [-0.1, -0.05) is 6.07 Å². The molecule has 2 aliphatic heterocycles. The molecule has 8 nitrogen and oxygen atoms in total. The molecule has 2 heterocycles. The standard InChI is InChI=1S/C24H30N2O6S/c1-25(33(28,29)20-10-8-19(30-2)9-11-20)13-4-6-24(27)26-14-3-5-21(26)18-7-12-22-23(17-18)32-16-15-31-22/h7-12,17,21H,3-6,13-16H2,1-2H3/t21-/m0/s1. The number of benzene rings is 2. The third-order valence-corrected chi connectivity index (χ3v) is 8.03. The van der Waals surface area contributed by atoms with Gasteiger partial charge >= 0.3 is 0 Å². The number of hydrogen-bond acceptors (Lipinski definition) is 6. The van der Waals surface area contributed by atoms with E-state index in [-0.39, 0.29) is 23.4 Å². The van der Waals surface area contributed by atoms with Gasteiger partial charge in [-0.15, -0.1) is 0 Å². The van der Waals surface area contributed by atoms with Crippen LogP contribution in [0, 0.1) is 0 Å². The van der Waals surface area contributed by atoms with Crippen LogP contribution in [0.1, 0.15) is 37.3 Å². The lowest BCUT2D eigenvalue weighted by Gasteiger charge is -2.27. The van der Waals surface area contributed by atoms with E-state index >= 15 is 0 Å². The maximum atomic E-state index is 13.0. The topological polar surface area (TPSA) is 85.4 Å². The maximum Gasteiger partial charge on any atom is 0.242 e. The highest BCUT2D eigenvalue weighted by Gasteiger charge is 2.31. The van der Waals surface area contributed by atoms with Crippen LogP contribution in [-0.4, -0.2) is 64.0 Å². The fourth-order valence-electron chi connectivity index (χ4n) is 4.32. The van der Waals surface area contributed by atoms with Crippen molar-refractivity contribution in [1.82, 2.24) is 9.21 Å². The van der Waals surface area contributed by atoms with Crippen molar-refractivity contribution in [3.8, 4) is 17.2 Å². The molecule has 4 rings (SSSR count). The van der Waals surface area contributed by atoms with Crippen molar-refractivity contribution in [2.45, 2.75) is 36.6 Å². The predicted molar refractivity (Wildman–Crippen MR) is 123 cm³/mol. The lowest BCUT2D eigenvalue weighted by atomic mass is 10.0. The molecule has 0 saturated carbocycles. The first-order valence-corrected chi connectivity index (χ1v) is 12.6. The van der Waals surface area contributed by atoms with Crippen molar-refractivity contribution in [2.24, 2.45) is 0 Å². The molecule has 1 fully saturated rings. The number of sulfonamides is 1. The number of rotatable bonds is 8. The Morgan fingerprint density at radius 3 is 2.58 bits per heavy atom. The number of methoxy groups -OCH3 is 1. The van der Waals surface area contributed by atoms with Gasteiger partial charge in [-0.2, -0.15) is 0 Å². The summed E-state index contributed by atoms with van der Waals surface area (Å²) in [5.74, 6) is 2.11. The number of fused-ring (bicyclic) bond motifs is 1. The molecule has 0 spiro atoms. The van der Waals surface area contributed by atoms with Gasteiger partial charge in [0.25, 0.3) is 0 Å². The van der Waals surface area contributed by atoms with Gasteiger partial charge in [0.15, 0.2) is 11.5 Å². The number of likely N-dealkylation sites (tertiary alicyclic amines) is 1. The first-order valence-electron chi connectivity index (χ1n) is 11.2. The molecule has 0 aliphatic carbocycles. The molecular formula is C24H30N2O6S. The molecule has 9 heteroatoms. The van der Waals surface area contributed by atoms with Crippen molar-refractivity contribution in [3.63, 3.8) is 0 Å². The molecule has 2 aromatic carbocycles. The van der Waals surface area contributed by atoms with Gasteiger partial charge in [-0.3, -0.25) is 4.79 Å². The second-order valence-electron chi connectivity index (χ2n) is 8.25. The molecule has 33 heavy (non-hydrogen) atoms. The van der Waals surface area contributed by atoms with Gasteiger partial charge in [0.2, 0.25) is 15.9 Å². The number of amides is 1. The molecule has 0 N–H and O–H groups in total. The van der Waals surface area contributed by atoms with Crippen molar-refractivity contribution in [2.75, 3.05) is 40.5 Å². The van der Waals surface area contributed by atoms with E-state index in [9.17, 15) is 13.2 Å². The monoisotopic (exact) mass is 474 g/mol. The van der Waals surface area contributed by atoms with E-state index in [0.717, 1.165) is 29.9 Å². The summed E-state index contributed by atoms with van der Waals surface area (Å²) in [6.45, 7) is 2.04. The van der Waals surface area contributed by atoms with Crippen LogP contribution in [0.3, 0.4) is 0 Å². The number of hydrogen-bond donors (Lipinski definition) is 0. The molecule has 1 amide bonds. The smallest absolute Gasteiger partial charge is 0.242 e. The van der Waals surface area contributed by atoms with Crippen LogP contribution < -0.4 is 14.2 Å². The maximum absolute atomic E-state index is 13.0. The number of carbonyl (C=O) groups is 1. The Morgan fingerprint density at radius 1 is 1.12 bits per heavy atom. The Balaban J connectivity index is 1.34. The Morgan fingerprint density at radius 2 is 1.85 bits per heavy atom. The SMILES string of the molecule is COc1ccc(S(=O)(=O)N(C)CCCC(=O)N2CCC[C@H]2c2ccc3c(c2)OCCO3)cc1. The third-order valence-electron chi connectivity index (χ3n) is 6.16. The van der Waals surface area contributed by atoms with Crippen LogP contribution in [0.2, 0.25) is 0 Å². The van der Waals surface area contributed by atoms with Gasteiger partial charge in [0, 0.05) is 26.6 Å². The van der Waals surface area contributed by atoms with Gasteiger partial charge in [-0.25, -0.2) is 12.7 Å². The summed E-state index contributed by atoms with van der Waals surface area (Å²) >= 11 is 0. The first kappa shape index (κ1) is 23.4. The number of carbonyl (C=O) groups excluding carboxylic acids is 1. The van der Waals surface area contributed by atoms with Crippen molar-refractivity contribution in [1.29, 1.82) is 0 Å². The summed E-state index contributed by atoms with van der Waals surface area (Å²) in [4.78, 5) is 15.1. The van der Waals surface area contributed by atoms with Gasteiger partial charge < -0.3 is 19.1 Å². The summed E-state index contributed by atoms with van der Waals surface area (Å²) in [5, 5.41) is 0. The summed E-state index contributed by atoms with van der Waals surface area (Å²) < 4.78 is 43.2. The normalized spacial score (nSPS) is 17.9. The molecule has 1 saturated heterocycles. The predicted octanol–water partition coefficient (Wildman–Crippen LogP) is 3.23. The quantitative estimate of drug-likeness (QED) is 0.584. The average molecular weight is 475 g/mol. The van der Waals surface area contributed by atoms with E-state index in [1.54, 1.807) is 12.1 Å². The van der Waals surface area contributed by atoms with Crippen molar-refractivity contribution < 1.29 is 27.4 Å². The van der Waals surface area contributed by atoms with Crippen LogP contribution in [0.15, 0.2) is 47.4 Å². The molecular weight excluding hydrogens is 444 g/mol. The van der Waals surface area contributed by atoms with Crippen LogP contribution in [0.5, 0.6) is 17.2 Å². The molecule has 1 atom stereocenters. The van der Waals surface area contributed by atoms with Crippen LogP contribution in [0.4, 0.5) is 0 Å². The molecule has 0 unspecified atom stereocenters. The molecule has 2 aromatic rings. The van der Waals surface area contributed by atoms with Crippen molar-refractivity contribution >= 4 is 15.9 Å². The first-order chi connectivity index (χ1) is 15.9. The summed E-state index contributed by atoms with van der Waals surface area (Å²) in [6.07, 6.45) is 2.59. The minimum Gasteiger partial charge on any atom is -0.497 e. The van der Waals surface area contributed by atoms with E-state index in [1.165, 1.54) is 30.6 Å². The largest absolute Gasteiger partial charge is 0.497 e. The van der Waals surface area contributed by atoms with Gasteiger partial charge in [-0.05, 0) is 61.2 Å². The zero-order chi connectivity index (χ0) is 23.4. The summed E-state index contributed by atoms with van der Waals surface area (Å²) in [6, 6.07) is 12.2. The zero-order valence-electron chi connectivity index (χ0n) is 19.0. The number of ether oxygens (including phenoxy) is 3. The highest BCUT2D eigenvalue weighted by Crippen LogP contribution is 2.38. The minimum atomic E-state index is -3.62. The fourth-order valence-corrected chi connectivity index (χ4v) is 5.53. The lowest BCUT2D eigenvalue weighted by Crippen LogP contribution is -2.32. The second kappa shape index (κ2) is 10.0. The highest BCUT2D eigenvalue weighted by molar-refractivity contribution is 7.89. The highest BCUT2D eigenvalue weighted by atomic mass is 32.2. The minimum absolute atomic E-state index is 0.00841. The van der Waals surface area contributed by atoms with E-state index in [2.05, 4.69) is 0 Å². The van der Waals surface area contributed by atoms with Crippen molar-refractivity contribution in [3.05, 3.63) is 48.0 Å². The second-order valence-corrected chi connectivity index (χ2v) is 10.3. The van der Waals surface area contributed by atoms with E-state index in [4.69, 9.17) is 14.2 Å². The van der Waals surface area contributed by atoms with Crippen LogP contribution in [0.25, 0.3) is 0 Å². The lowest BCUT2D eigenvalue weighted by molar-refractivity contribution is -0.132. The Hall–Kier alpha value is -2.78. The van der Waals surface area contributed by atoms with E-state index < -0.39 is 10.0 Å². The van der Waals surface area contributed by atoms with E-state index in [0.29, 0.717) is 38.3 Å². The van der Waals surface area contributed by atoms with Gasteiger partial charge in [0.05, 0.1) is 18.0 Å². The molecule has 0 radical (unpaired) electrons. The zero-order valence-corrected chi connectivity index (χ0v) is 19.8. The molecule has 2 aliphatic rings. The Bertz CT molecular complexity index is 1090. The average Bonchev–Trinajstić information content (AvgIpc) is 3.34. The van der Waals surface area contributed by atoms with Crippen LogP contribution >= 0.6 is 0 Å². The fraction of sp³-hybridized carbons (Fsp3) is 0.458. The molecule has 0 bridgehead atoms. The van der Waals surface area contributed by atoms with Crippen LogP contribution in [-0.2, 0) is 14.8 Å². The van der Waals surface area contributed by atoms with E-state index in [1.807, 2.05) is 23.1 Å². The Kier molecular flexibility index (Phi) is 7.09. The summed E-state index contributed by atoms with van der Waals surface area (Å²) in [5.41, 5.74) is 1.05. The molecule has 0 aromatic heterocycles. The van der Waals surface area contributed by atoms with Gasteiger partial charge in [0.1, 0.15) is 19.0 Å². The summed E-state index contributed by atoms with van der Waals surface area (Å²) in [7, 11) is -0.544. The third kappa shape index (κ3) is 5.09. The number of nitrogens with zero attached hydrogens (tertiary/aromatic N) is 2. The molecule has 178 valence electrons. The Labute approximate surface area is 195 Å².